The zero-order valence-corrected chi connectivity index (χ0v) is 15.8. The van der Waals surface area contributed by atoms with Crippen LogP contribution in [0.25, 0.3) is 10.9 Å². The van der Waals surface area contributed by atoms with Gasteiger partial charge in [-0.1, -0.05) is 18.6 Å². The summed E-state index contributed by atoms with van der Waals surface area (Å²) in [5.41, 5.74) is 4.82. The Labute approximate surface area is 159 Å². The molecule has 140 valence electrons. The molecule has 27 heavy (non-hydrogen) atoms. The van der Waals surface area contributed by atoms with Crippen molar-refractivity contribution in [3.63, 3.8) is 0 Å². The van der Waals surface area contributed by atoms with E-state index in [0.29, 0.717) is 24.2 Å². The van der Waals surface area contributed by atoms with Crippen LogP contribution in [0.4, 0.5) is 5.69 Å². The van der Waals surface area contributed by atoms with Gasteiger partial charge in [0.1, 0.15) is 0 Å². The summed E-state index contributed by atoms with van der Waals surface area (Å²) in [6.45, 7) is 4.60. The first-order valence-electron chi connectivity index (χ1n) is 9.31. The van der Waals surface area contributed by atoms with E-state index in [1.807, 2.05) is 13.1 Å². The largest absolute Gasteiger partial charge is 0.361 e. The van der Waals surface area contributed by atoms with Crippen molar-refractivity contribution in [2.45, 2.75) is 33.1 Å². The molecule has 0 atom stereocenters. The van der Waals surface area contributed by atoms with Gasteiger partial charge in [-0.3, -0.25) is 9.59 Å². The van der Waals surface area contributed by atoms with E-state index in [2.05, 4.69) is 40.7 Å². The van der Waals surface area contributed by atoms with Crippen LogP contribution in [-0.2, 0) is 11.2 Å². The molecule has 3 rings (SSSR count). The standard InChI is InChI=1S/C22H25N3O2/c1-3-4-21(26)25-18-8-6-16(7-9-18)22(27)23-12-11-17-14-24-20-10-5-15(2)13-19(17)20/h5-10,13-14,24H,3-4,11-12H2,1-2H3,(H,23,27)(H,25,26). The van der Waals surface area contributed by atoms with Gasteiger partial charge in [-0.2, -0.15) is 0 Å². The second kappa shape index (κ2) is 8.54. The second-order valence-electron chi connectivity index (χ2n) is 6.74. The fraction of sp³-hybridized carbons (Fsp3) is 0.273. The van der Waals surface area contributed by atoms with E-state index < -0.39 is 0 Å². The van der Waals surface area contributed by atoms with Crippen LogP contribution in [0.15, 0.2) is 48.7 Å². The molecule has 5 nitrogen and oxygen atoms in total. The van der Waals surface area contributed by atoms with Crippen LogP contribution in [0.2, 0.25) is 0 Å². The highest BCUT2D eigenvalue weighted by atomic mass is 16.2. The maximum atomic E-state index is 12.3. The van der Waals surface area contributed by atoms with Gasteiger partial charge in [0.25, 0.3) is 5.91 Å². The van der Waals surface area contributed by atoms with Gasteiger partial charge in [0.15, 0.2) is 0 Å². The van der Waals surface area contributed by atoms with Crippen molar-refractivity contribution in [3.05, 3.63) is 65.4 Å². The number of nitrogens with one attached hydrogen (secondary N) is 3. The Kier molecular flexibility index (Phi) is 5.91. The Bertz CT molecular complexity index is 942. The van der Waals surface area contributed by atoms with Gasteiger partial charge in [0, 0.05) is 41.3 Å². The second-order valence-corrected chi connectivity index (χ2v) is 6.74. The maximum Gasteiger partial charge on any atom is 0.251 e. The Balaban J connectivity index is 1.54. The molecular formula is C22H25N3O2. The number of aromatic nitrogens is 1. The normalized spacial score (nSPS) is 10.7. The van der Waals surface area contributed by atoms with Gasteiger partial charge >= 0.3 is 0 Å². The van der Waals surface area contributed by atoms with Crippen molar-refractivity contribution in [2.24, 2.45) is 0 Å². The number of benzene rings is 2. The highest BCUT2D eigenvalue weighted by Gasteiger charge is 2.08. The number of amides is 2. The number of hydrogen-bond donors (Lipinski definition) is 3. The van der Waals surface area contributed by atoms with Crippen LogP contribution in [0.5, 0.6) is 0 Å². The molecule has 3 N–H and O–H groups in total. The number of fused-ring (bicyclic) bond motifs is 1. The first-order valence-corrected chi connectivity index (χ1v) is 9.31. The van der Waals surface area contributed by atoms with Crippen molar-refractivity contribution in [2.75, 3.05) is 11.9 Å². The molecule has 0 saturated carbocycles. The summed E-state index contributed by atoms with van der Waals surface area (Å²) in [5.74, 6) is -0.124. The first kappa shape index (κ1) is 18.7. The van der Waals surface area contributed by atoms with E-state index in [0.717, 1.165) is 18.4 Å². The predicted octanol–water partition coefficient (Wildman–Crippen LogP) is 4.19. The van der Waals surface area contributed by atoms with Gasteiger partial charge < -0.3 is 15.6 Å². The predicted molar refractivity (Wildman–Crippen MR) is 109 cm³/mol. The van der Waals surface area contributed by atoms with Crippen molar-refractivity contribution in [1.29, 1.82) is 0 Å². The number of aromatic amines is 1. The molecule has 0 aliphatic rings. The van der Waals surface area contributed by atoms with Gasteiger partial charge in [0.2, 0.25) is 5.91 Å². The molecule has 3 aromatic rings. The molecule has 5 heteroatoms. The monoisotopic (exact) mass is 363 g/mol. The quantitative estimate of drug-likeness (QED) is 0.589. The first-order chi connectivity index (χ1) is 13.1. The summed E-state index contributed by atoms with van der Waals surface area (Å²) < 4.78 is 0. The topological polar surface area (TPSA) is 74.0 Å². The highest BCUT2D eigenvalue weighted by Crippen LogP contribution is 2.20. The fourth-order valence-electron chi connectivity index (χ4n) is 3.07. The summed E-state index contributed by atoms with van der Waals surface area (Å²) in [7, 11) is 0. The number of rotatable bonds is 7. The third kappa shape index (κ3) is 4.76. The molecule has 0 aliphatic carbocycles. The number of carbonyl (C=O) groups is 2. The molecule has 1 aromatic heterocycles. The minimum Gasteiger partial charge on any atom is -0.361 e. The van der Waals surface area contributed by atoms with Gasteiger partial charge in [-0.05, 0) is 61.7 Å². The zero-order valence-electron chi connectivity index (χ0n) is 15.8. The minimum atomic E-state index is -0.113. The van der Waals surface area contributed by atoms with E-state index >= 15 is 0 Å². The molecule has 0 aliphatic heterocycles. The third-order valence-corrected chi connectivity index (χ3v) is 4.51. The van der Waals surface area contributed by atoms with Crippen LogP contribution < -0.4 is 10.6 Å². The van der Waals surface area contributed by atoms with Gasteiger partial charge in [-0.25, -0.2) is 0 Å². The summed E-state index contributed by atoms with van der Waals surface area (Å²) >= 11 is 0. The summed E-state index contributed by atoms with van der Waals surface area (Å²) in [5, 5.41) is 6.98. The highest BCUT2D eigenvalue weighted by molar-refractivity contribution is 5.95. The smallest absolute Gasteiger partial charge is 0.251 e. The van der Waals surface area contributed by atoms with Crippen molar-refractivity contribution in [1.82, 2.24) is 10.3 Å². The number of H-pyrrole nitrogens is 1. The van der Waals surface area contributed by atoms with E-state index in [1.165, 1.54) is 16.5 Å². The molecule has 0 radical (unpaired) electrons. The lowest BCUT2D eigenvalue weighted by Gasteiger charge is -2.07. The molecule has 0 spiro atoms. The molecule has 0 unspecified atom stereocenters. The summed E-state index contributed by atoms with van der Waals surface area (Å²) in [6, 6.07) is 13.3. The van der Waals surface area contributed by atoms with Crippen LogP contribution >= 0.6 is 0 Å². The SMILES string of the molecule is CCCC(=O)Nc1ccc(C(=O)NCCc2c[nH]c3ccc(C)cc23)cc1. The van der Waals surface area contributed by atoms with E-state index in [-0.39, 0.29) is 11.8 Å². The Morgan fingerprint density at radius 1 is 1.07 bits per heavy atom. The average Bonchev–Trinajstić information content (AvgIpc) is 3.04. The lowest BCUT2D eigenvalue weighted by molar-refractivity contribution is -0.116. The van der Waals surface area contributed by atoms with Gasteiger partial charge in [0.05, 0.1) is 0 Å². The Hall–Kier alpha value is -3.08. The maximum absolute atomic E-state index is 12.3. The molecular weight excluding hydrogens is 338 g/mol. The van der Waals surface area contributed by atoms with E-state index in [9.17, 15) is 9.59 Å². The summed E-state index contributed by atoms with van der Waals surface area (Å²) in [6.07, 6.45) is 4.07. The van der Waals surface area contributed by atoms with Crippen molar-refractivity contribution < 1.29 is 9.59 Å². The van der Waals surface area contributed by atoms with Crippen LogP contribution in [0.3, 0.4) is 0 Å². The molecule has 0 bridgehead atoms. The Morgan fingerprint density at radius 2 is 1.85 bits per heavy atom. The van der Waals surface area contributed by atoms with E-state index in [4.69, 9.17) is 0 Å². The molecule has 0 saturated heterocycles. The number of aryl methyl sites for hydroxylation is 1. The fourth-order valence-corrected chi connectivity index (χ4v) is 3.07. The number of hydrogen-bond acceptors (Lipinski definition) is 2. The van der Waals surface area contributed by atoms with Crippen LogP contribution in [0, 0.1) is 6.92 Å². The molecule has 2 amide bonds. The number of anilines is 1. The average molecular weight is 363 g/mol. The lowest BCUT2D eigenvalue weighted by atomic mass is 10.1. The molecule has 1 heterocycles. The van der Waals surface area contributed by atoms with Crippen LogP contribution in [-0.4, -0.2) is 23.3 Å². The van der Waals surface area contributed by atoms with Crippen molar-refractivity contribution >= 4 is 28.4 Å². The third-order valence-electron chi connectivity index (χ3n) is 4.51. The van der Waals surface area contributed by atoms with Gasteiger partial charge in [-0.15, -0.1) is 0 Å². The summed E-state index contributed by atoms with van der Waals surface area (Å²) in [4.78, 5) is 27.2. The zero-order chi connectivity index (χ0) is 19.2. The Morgan fingerprint density at radius 3 is 2.59 bits per heavy atom. The lowest BCUT2D eigenvalue weighted by Crippen LogP contribution is -2.25. The number of carbonyl (C=O) groups excluding carboxylic acids is 2. The molecule has 0 fully saturated rings. The van der Waals surface area contributed by atoms with E-state index in [1.54, 1.807) is 24.3 Å². The molecule has 2 aromatic carbocycles. The minimum absolute atomic E-state index is 0.0105. The van der Waals surface area contributed by atoms with Crippen LogP contribution in [0.1, 0.15) is 41.3 Å². The van der Waals surface area contributed by atoms with Crippen molar-refractivity contribution in [3.8, 4) is 0 Å².